The number of halogens is 4. The molecule has 0 radical (unpaired) electrons. The molecule has 1 atom stereocenters. The number of aromatic nitrogens is 1. The van der Waals surface area contributed by atoms with E-state index in [1.54, 1.807) is 23.2 Å². The van der Waals surface area contributed by atoms with E-state index < -0.39 is 17.9 Å². The predicted molar refractivity (Wildman–Crippen MR) is 83.1 cm³/mol. The third-order valence-corrected chi connectivity index (χ3v) is 3.64. The maximum Gasteiger partial charge on any atom is 0.417 e. The normalized spacial score (nSPS) is 17.5. The summed E-state index contributed by atoms with van der Waals surface area (Å²) in [6.45, 7) is 0.320. The zero-order chi connectivity index (χ0) is 18.0. The van der Waals surface area contributed by atoms with Gasteiger partial charge < -0.3 is 10.0 Å². The SMILES string of the molecule is OC1=NC(c2ccc(C(F)(F)F)cn2)N(Cc2ccc(F)cc2)C=C1. The Morgan fingerprint density at radius 1 is 1.08 bits per heavy atom. The lowest BCUT2D eigenvalue weighted by atomic mass is 10.1. The molecule has 1 aliphatic heterocycles. The van der Waals surface area contributed by atoms with Crippen LogP contribution in [0.5, 0.6) is 0 Å². The lowest BCUT2D eigenvalue weighted by molar-refractivity contribution is -0.137. The Morgan fingerprint density at radius 3 is 2.40 bits per heavy atom. The fraction of sp³-hybridized carbons (Fsp3) is 0.176. The molecule has 25 heavy (non-hydrogen) atoms. The van der Waals surface area contributed by atoms with Gasteiger partial charge in [-0.2, -0.15) is 13.2 Å². The molecule has 0 fully saturated rings. The molecule has 2 heterocycles. The van der Waals surface area contributed by atoms with Crippen LogP contribution in [0.15, 0.2) is 59.9 Å². The van der Waals surface area contributed by atoms with Gasteiger partial charge in [0.25, 0.3) is 0 Å². The van der Waals surface area contributed by atoms with Crippen LogP contribution in [0.25, 0.3) is 0 Å². The summed E-state index contributed by atoms with van der Waals surface area (Å²) in [5, 5.41) is 9.62. The second-order valence-electron chi connectivity index (χ2n) is 5.45. The van der Waals surface area contributed by atoms with E-state index in [0.29, 0.717) is 6.54 Å². The van der Waals surface area contributed by atoms with E-state index in [4.69, 9.17) is 0 Å². The van der Waals surface area contributed by atoms with Crippen molar-refractivity contribution in [3.63, 3.8) is 0 Å². The van der Waals surface area contributed by atoms with Crippen molar-refractivity contribution in [3.05, 3.63) is 77.5 Å². The van der Waals surface area contributed by atoms with E-state index in [9.17, 15) is 22.7 Å². The molecule has 1 aromatic carbocycles. The Labute approximate surface area is 140 Å². The Morgan fingerprint density at radius 2 is 1.80 bits per heavy atom. The molecule has 130 valence electrons. The van der Waals surface area contributed by atoms with Crippen LogP contribution in [0, 0.1) is 5.82 Å². The van der Waals surface area contributed by atoms with E-state index >= 15 is 0 Å². The van der Waals surface area contributed by atoms with Crippen LogP contribution in [-0.2, 0) is 12.7 Å². The molecule has 0 aliphatic carbocycles. The summed E-state index contributed by atoms with van der Waals surface area (Å²) in [6, 6.07) is 7.96. The second-order valence-corrected chi connectivity index (χ2v) is 5.45. The van der Waals surface area contributed by atoms with Crippen molar-refractivity contribution in [2.45, 2.75) is 18.9 Å². The van der Waals surface area contributed by atoms with E-state index in [0.717, 1.165) is 17.8 Å². The largest absolute Gasteiger partial charge is 0.493 e. The van der Waals surface area contributed by atoms with Gasteiger partial charge in [-0.15, -0.1) is 0 Å². The molecule has 1 N–H and O–H groups in total. The summed E-state index contributed by atoms with van der Waals surface area (Å²) in [6.07, 6.45) is -1.59. The zero-order valence-electron chi connectivity index (χ0n) is 12.8. The fourth-order valence-corrected chi connectivity index (χ4v) is 2.39. The quantitative estimate of drug-likeness (QED) is 0.842. The van der Waals surface area contributed by atoms with E-state index in [2.05, 4.69) is 9.98 Å². The Bertz CT molecular complexity index is 798. The molecule has 3 rings (SSSR count). The highest BCUT2D eigenvalue weighted by Gasteiger charge is 2.31. The Balaban J connectivity index is 1.85. The van der Waals surface area contributed by atoms with Crippen molar-refractivity contribution < 1.29 is 22.7 Å². The van der Waals surface area contributed by atoms with Crippen LogP contribution < -0.4 is 0 Å². The first-order valence-electron chi connectivity index (χ1n) is 7.31. The highest BCUT2D eigenvalue weighted by Crippen LogP contribution is 2.31. The fourth-order valence-electron chi connectivity index (χ4n) is 2.39. The molecule has 0 amide bonds. The van der Waals surface area contributed by atoms with Gasteiger partial charge in [-0.1, -0.05) is 12.1 Å². The minimum absolute atomic E-state index is 0.248. The number of benzene rings is 1. The molecule has 2 aromatic rings. The predicted octanol–water partition coefficient (Wildman–Crippen LogP) is 4.22. The average molecular weight is 351 g/mol. The molecule has 4 nitrogen and oxygen atoms in total. The number of hydrogen-bond acceptors (Lipinski definition) is 3. The summed E-state index contributed by atoms with van der Waals surface area (Å²) in [4.78, 5) is 9.55. The van der Waals surface area contributed by atoms with Crippen molar-refractivity contribution in [1.82, 2.24) is 9.88 Å². The molecule has 8 heteroatoms. The molecular formula is C17H13F4N3O. The highest BCUT2D eigenvalue weighted by atomic mass is 19.4. The highest BCUT2D eigenvalue weighted by molar-refractivity contribution is 5.86. The van der Waals surface area contributed by atoms with Crippen LogP contribution in [0.3, 0.4) is 0 Å². The molecule has 0 saturated heterocycles. The third-order valence-electron chi connectivity index (χ3n) is 3.64. The number of nitrogens with zero attached hydrogens (tertiary/aromatic N) is 3. The maximum atomic E-state index is 13.0. The summed E-state index contributed by atoms with van der Waals surface area (Å²) in [7, 11) is 0. The smallest absolute Gasteiger partial charge is 0.417 e. The van der Waals surface area contributed by atoms with Crippen LogP contribution in [0.1, 0.15) is 23.0 Å². The number of aliphatic imine (C=N–C) groups is 1. The van der Waals surface area contributed by atoms with Gasteiger partial charge in [0, 0.05) is 25.0 Å². The molecular weight excluding hydrogens is 338 g/mol. The zero-order valence-corrected chi connectivity index (χ0v) is 12.8. The minimum atomic E-state index is -4.47. The number of rotatable bonds is 3. The number of pyridine rings is 1. The third kappa shape index (κ3) is 3.96. The molecule has 1 aromatic heterocycles. The van der Waals surface area contributed by atoms with Gasteiger partial charge in [-0.05, 0) is 29.8 Å². The van der Waals surface area contributed by atoms with Gasteiger partial charge in [-0.25, -0.2) is 9.38 Å². The van der Waals surface area contributed by atoms with Crippen molar-refractivity contribution in [3.8, 4) is 0 Å². The van der Waals surface area contributed by atoms with E-state index in [-0.39, 0.29) is 17.4 Å². The van der Waals surface area contributed by atoms with Crippen molar-refractivity contribution >= 4 is 5.90 Å². The number of aliphatic hydroxyl groups is 1. The summed E-state index contributed by atoms with van der Waals surface area (Å²) in [5.41, 5.74) is 0.173. The topological polar surface area (TPSA) is 48.7 Å². The molecule has 0 spiro atoms. The Kier molecular flexibility index (Phi) is 4.43. The number of alkyl halides is 3. The van der Waals surface area contributed by atoms with Gasteiger partial charge in [0.1, 0.15) is 5.82 Å². The first-order valence-corrected chi connectivity index (χ1v) is 7.31. The van der Waals surface area contributed by atoms with Gasteiger partial charge in [-0.3, -0.25) is 4.98 Å². The maximum absolute atomic E-state index is 13.0. The van der Waals surface area contributed by atoms with Crippen LogP contribution >= 0.6 is 0 Å². The number of aliphatic hydroxyl groups excluding tert-OH is 1. The van der Waals surface area contributed by atoms with Crippen molar-refractivity contribution in [1.29, 1.82) is 0 Å². The van der Waals surface area contributed by atoms with Crippen LogP contribution in [0.2, 0.25) is 0 Å². The standard InChI is InChI=1S/C17H13F4N3O/c18-13-4-1-11(2-5-13)10-24-8-7-15(25)23-16(24)14-6-3-12(9-22-14)17(19,20)21/h1-9,16H,10H2,(H,23,25). The molecule has 1 aliphatic rings. The van der Waals surface area contributed by atoms with E-state index in [1.807, 2.05) is 0 Å². The number of hydrogen-bond donors (Lipinski definition) is 1. The van der Waals surface area contributed by atoms with E-state index in [1.165, 1.54) is 24.3 Å². The summed E-state index contributed by atoms with van der Waals surface area (Å²) < 4.78 is 51.0. The lowest BCUT2D eigenvalue weighted by Gasteiger charge is -2.29. The van der Waals surface area contributed by atoms with Gasteiger partial charge in [0.2, 0.25) is 5.90 Å². The van der Waals surface area contributed by atoms with Crippen LogP contribution in [0.4, 0.5) is 17.6 Å². The monoisotopic (exact) mass is 351 g/mol. The molecule has 0 bridgehead atoms. The molecule has 1 unspecified atom stereocenters. The van der Waals surface area contributed by atoms with Crippen molar-refractivity contribution in [2.75, 3.05) is 0 Å². The summed E-state index contributed by atoms with van der Waals surface area (Å²) >= 11 is 0. The summed E-state index contributed by atoms with van der Waals surface area (Å²) in [5.74, 6) is -0.614. The van der Waals surface area contributed by atoms with Crippen molar-refractivity contribution in [2.24, 2.45) is 4.99 Å². The van der Waals surface area contributed by atoms with Gasteiger partial charge in [0.05, 0.1) is 11.3 Å². The first-order chi connectivity index (χ1) is 11.8. The first kappa shape index (κ1) is 16.9. The van der Waals surface area contributed by atoms with Gasteiger partial charge in [0.15, 0.2) is 6.17 Å². The lowest BCUT2D eigenvalue weighted by Crippen LogP contribution is -2.27. The minimum Gasteiger partial charge on any atom is -0.493 e. The average Bonchev–Trinajstić information content (AvgIpc) is 2.58. The van der Waals surface area contributed by atoms with Gasteiger partial charge >= 0.3 is 6.18 Å². The van der Waals surface area contributed by atoms with Crippen LogP contribution in [-0.4, -0.2) is 20.9 Å². The Hall–Kier alpha value is -2.90. The molecule has 0 saturated carbocycles. The second kappa shape index (κ2) is 6.54.